The molecule has 0 fully saturated rings. The molecule has 0 bridgehead atoms. The number of carbonyl (C=O) groups is 1. The first-order chi connectivity index (χ1) is 14.7. The highest BCUT2D eigenvalue weighted by Crippen LogP contribution is 2.20. The molecule has 1 aliphatic rings. The molecule has 7 heteroatoms. The highest BCUT2D eigenvalue weighted by atomic mass is 16.5. The molecule has 0 radical (unpaired) electrons. The third-order valence-electron chi connectivity index (χ3n) is 5.33. The van der Waals surface area contributed by atoms with E-state index in [1.807, 2.05) is 24.3 Å². The maximum Gasteiger partial charge on any atom is 0.261 e. The number of aryl methyl sites for hydroxylation is 1. The Morgan fingerprint density at radius 1 is 1.17 bits per heavy atom. The lowest BCUT2D eigenvalue weighted by Crippen LogP contribution is -2.28. The van der Waals surface area contributed by atoms with Crippen LogP contribution < -0.4 is 20.3 Å². The molecule has 2 aromatic carbocycles. The Labute approximate surface area is 174 Å². The molecule has 1 N–H and O–H groups in total. The van der Waals surface area contributed by atoms with Crippen molar-refractivity contribution in [2.24, 2.45) is 0 Å². The Kier molecular flexibility index (Phi) is 5.97. The quantitative estimate of drug-likeness (QED) is 0.679. The molecule has 0 atom stereocenters. The third-order valence-corrected chi connectivity index (χ3v) is 5.33. The summed E-state index contributed by atoms with van der Waals surface area (Å²) in [5, 5.41) is 3.34. The van der Waals surface area contributed by atoms with Crippen molar-refractivity contribution in [1.29, 1.82) is 0 Å². The van der Waals surface area contributed by atoms with Crippen molar-refractivity contribution in [3.63, 3.8) is 0 Å². The number of ether oxygens (including phenoxy) is 2. The van der Waals surface area contributed by atoms with Crippen LogP contribution in [0, 0.1) is 0 Å². The number of hydrogen-bond acceptors (Lipinski definition) is 5. The van der Waals surface area contributed by atoms with E-state index in [0.717, 1.165) is 42.8 Å². The van der Waals surface area contributed by atoms with Crippen LogP contribution in [0.1, 0.15) is 30.7 Å². The summed E-state index contributed by atoms with van der Waals surface area (Å²) < 4.78 is 12.7. The molecule has 30 heavy (non-hydrogen) atoms. The molecule has 1 amide bonds. The topological polar surface area (TPSA) is 82.4 Å². The van der Waals surface area contributed by atoms with Gasteiger partial charge in [-0.2, -0.15) is 0 Å². The van der Waals surface area contributed by atoms with Crippen LogP contribution in [0.15, 0.2) is 47.3 Å². The second-order valence-electron chi connectivity index (χ2n) is 7.35. The van der Waals surface area contributed by atoms with E-state index in [0.29, 0.717) is 29.7 Å². The number of aromatic nitrogens is 2. The maximum atomic E-state index is 12.9. The van der Waals surface area contributed by atoms with Crippen LogP contribution in [0.5, 0.6) is 11.5 Å². The third kappa shape index (κ3) is 4.30. The SMILES string of the molecule is COc1ccccc1CNC(=O)COc1ccc2nc3n(c(=O)c2c1)CCCCC3. The van der Waals surface area contributed by atoms with Crippen LogP contribution in [0.4, 0.5) is 0 Å². The lowest BCUT2D eigenvalue weighted by atomic mass is 10.2. The van der Waals surface area contributed by atoms with Gasteiger partial charge in [-0.25, -0.2) is 4.98 Å². The number of fused-ring (bicyclic) bond motifs is 2. The van der Waals surface area contributed by atoms with Crippen LogP contribution in [0.25, 0.3) is 10.9 Å². The molecule has 0 unspecified atom stereocenters. The minimum atomic E-state index is -0.252. The fourth-order valence-electron chi connectivity index (χ4n) is 3.73. The molecule has 156 valence electrons. The van der Waals surface area contributed by atoms with Crippen LogP contribution in [-0.2, 0) is 24.3 Å². The summed E-state index contributed by atoms with van der Waals surface area (Å²) in [7, 11) is 1.60. The average molecular weight is 407 g/mol. The molecule has 4 rings (SSSR count). The zero-order valence-corrected chi connectivity index (χ0v) is 17.0. The van der Waals surface area contributed by atoms with Crippen molar-refractivity contribution >= 4 is 16.8 Å². The van der Waals surface area contributed by atoms with E-state index in [2.05, 4.69) is 10.3 Å². The fraction of sp³-hybridized carbons (Fsp3) is 0.348. The minimum absolute atomic E-state index is 0.0389. The lowest BCUT2D eigenvalue weighted by molar-refractivity contribution is -0.123. The summed E-state index contributed by atoms with van der Waals surface area (Å²) in [4.78, 5) is 29.8. The van der Waals surface area contributed by atoms with Gasteiger partial charge in [0.15, 0.2) is 6.61 Å². The summed E-state index contributed by atoms with van der Waals surface area (Å²) in [6.45, 7) is 0.912. The Hall–Kier alpha value is -3.35. The van der Waals surface area contributed by atoms with Gasteiger partial charge in [-0.3, -0.25) is 14.2 Å². The lowest BCUT2D eigenvalue weighted by Gasteiger charge is -2.12. The maximum absolute atomic E-state index is 12.9. The number of nitrogens with one attached hydrogen (secondary N) is 1. The Balaban J connectivity index is 1.43. The van der Waals surface area contributed by atoms with Crippen molar-refractivity contribution < 1.29 is 14.3 Å². The van der Waals surface area contributed by atoms with Gasteiger partial charge >= 0.3 is 0 Å². The smallest absolute Gasteiger partial charge is 0.261 e. The van der Waals surface area contributed by atoms with E-state index in [-0.39, 0.29) is 18.1 Å². The molecule has 2 heterocycles. The first-order valence-corrected chi connectivity index (χ1v) is 10.2. The van der Waals surface area contributed by atoms with Crippen LogP contribution in [0.2, 0.25) is 0 Å². The largest absolute Gasteiger partial charge is 0.496 e. The van der Waals surface area contributed by atoms with Gasteiger partial charge in [0, 0.05) is 25.1 Å². The van der Waals surface area contributed by atoms with Gasteiger partial charge in [-0.05, 0) is 37.1 Å². The number of carbonyl (C=O) groups excluding carboxylic acids is 1. The molecule has 1 aromatic heterocycles. The molecule has 3 aromatic rings. The zero-order chi connectivity index (χ0) is 20.9. The zero-order valence-electron chi connectivity index (χ0n) is 17.0. The number of methoxy groups -OCH3 is 1. The van der Waals surface area contributed by atoms with Crippen LogP contribution in [0.3, 0.4) is 0 Å². The predicted octanol–water partition coefficient (Wildman–Crippen LogP) is 2.83. The van der Waals surface area contributed by atoms with Crippen LogP contribution in [-0.4, -0.2) is 29.2 Å². The van der Waals surface area contributed by atoms with E-state index >= 15 is 0 Å². The van der Waals surface area contributed by atoms with Crippen molar-refractivity contribution in [3.05, 3.63) is 64.2 Å². The van der Waals surface area contributed by atoms with E-state index < -0.39 is 0 Å². The highest BCUT2D eigenvalue weighted by molar-refractivity contribution is 5.80. The second-order valence-corrected chi connectivity index (χ2v) is 7.35. The number of rotatable bonds is 6. The number of amides is 1. The van der Waals surface area contributed by atoms with Crippen molar-refractivity contribution in [1.82, 2.24) is 14.9 Å². The monoisotopic (exact) mass is 407 g/mol. The molecule has 0 spiro atoms. The van der Waals surface area contributed by atoms with Gasteiger partial charge < -0.3 is 14.8 Å². The van der Waals surface area contributed by atoms with E-state index in [1.165, 1.54) is 0 Å². The summed E-state index contributed by atoms with van der Waals surface area (Å²) >= 11 is 0. The predicted molar refractivity (Wildman–Crippen MR) is 114 cm³/mol. The van der Waals surface area contributed by atoms with Gasteiger partial charge in [0.05, 0.1) is 18.0 Å². The first kappa shape index (κ1) is 19.9. The Morgan fingerprint density at radius 2 is 2.03 bits per heavy atom. The Morgan fingerprint density at radius 3 is 2.90 bits per heavy atom. The number of para-hydroxylation sites is 1. The molecule has 0 saturated carbocycles. The van der Waals surface area contributed by atoms with E-state index in [9.17, 15) is 9.59 Å². The minimum Gasteiger partial charge on any atom is -0.496 e. The van der Waals surface area contributed by atoms with Crippen LogP contribution >= 0.6 is 0 Å². The number of hydrogen-bond donors (Lipinski definition) is 1. The van der Waals surface area contributed by atoms with E-state index in [1.54, 1.807) is 29.9 Å². The molecular weight excluding hydrogens is 382 g/mol. The number of nitrogens with zero attached hydrogens (tertiary/aromatic N) is 2. The summed E-state index contributed by atoms with van der Waals surface area (Å²) in [6.07, 6.45) is 3.99. The summed E-state index contributed by atoms with van der Waals surface area (Å²) in [6, 6.07) is 12.7. The van der Waals surface area contributed by atoms with Crippen molar-refractivity contribution in [2.45, 2.75) is 38.8 Å². The van der Waals surface area contributed by atoms with Crippen molar-refractivity contribution in [3.8, 4) is 11.5 Å². The fourth-order valence-corrected chi connectivity index (χ4v) is 3.73. The van der Waals surface area contributed by atoms with Gasteiger partial charge in [0.1, 0.15) is 17.3 Å². The molecule has 1 aliphatic heterocycles. The molecule has 0 aliphatic carbocycles. The van der Waals surface area contributed by atoms with E-state index in [4.69, 9.17) is 9.47 Å². The van der Waals surface area contributed by atoms with Crippen molar-refractivity contribution in [2.75, 3.05) is 13.7 Å². The average Bonchev–Trinajstić information content (AvgIpc) is 3.02. The van der Waals surface area contributed by atoms with Gasteiger partial charge in [0.2, 0.25) is 0 Å². The summed E-state index contributed by atoms with van der Waals surface area (Å²) in [5.74, 6) is 1.80. The first-order valence-electron chi connectivity index (χ1n) is 10.2. The van der Waals surface area contributed by atoms with Gasteiger partial charge in [0.25, 0.3) is 11.5 Å². The Bertz CT molecular complexity index is 1120. The summed E-state index contributed by atoms with van der Waals surface area (Å²) in [5.41, 5.74) is 1.52. The second kappa shape index (κ2) is 8.98. The highest BCUT2D eigenvalue weighted by Gasteiger charge is 2.14. The normalized spacial score (nSPS) is 13.4. The number of benzene rings is 2. The van der Waals surface area contributed by atoms with Gasteiger partial charge in [-0.15, -0.1) is 0 Å². The molecule has 0 saturated heterocycles. The van der Waals surface area contributed by atoms with Gasteiger partial charge in [-0.1, -0.05) is 24.6 Å². The molecular formula is C23H25N3O4. The molecule has 7 nitrogen and oxygen atoms in total. The standard InChI is InChI=1S/C23H25N3O4/c1-29-20-8-5-4-7-16(20)14-24-22(27)15-30-17-10-11-19-18(13-17)23(28)26-12-6-2-3-9-21(26)25-19/h4-5,7-8,10-11,13H,2-3,6,9,12,14-15H2,1H3,(H,24,27).